The van der Waals surface area contributed by atoms with Gasteiger partial charge in [-0.05, 0) is 45.2 Å². The third-order valence-electron chi connectivity index (χ3n) is 3.11. The van der Waals surface area contributed by atoms with Gasteiger partial charge < -0.3 is 10.1 Å². The van der Waals surface area contributed by atoms with Crippen LogP contribution in [0.3, 0.4) is 0 Å². The highest BCUT2D eigenvalue weighted by Gasteiger charge is 2.22. The zero-order valence-electron chi connectivity index (χ0n) is 12.4. The molecule has 0 aromatic rings. The molecule has 1 atom stereocenters. The number of amides is 1. The molecule has 1 saturated heterocycles. The van der Waals surface area contributed by atoms with Gasteiger partial charge in [0.05, 0.1) is 6.54 Å². The van der Waals surface area contributed by atoms with Crippen LogP contribution >= 0.6 is 0 Å². The number of ether oxygens (including phenoxy) is 1. The molecule has 2 aliphatic rings. The van der Waals surface area contributed by atoms with Gasteiger partial charge in [0.1, 0.15) is 11.9 Å². The number of hydrogen-bond donors (Lipinski definition) is 1. The predicted octanol–water partition coefficient (Wildman–Crippen LogP) is 2.32. The lowest BCUT2D eigenvalue weighted by molar-refractivity contribution is 0.0387. The Labute approximate surface area is 120 Å². The fourth-order valence-corrected chi connectivity index (χ4v) is 2.12. The molecule has 2 heterocycles. The highest BCUT2D eigenvalue weighted by Crippen LogP contribution is 2.15. The standard InChI is InChI=1S/C15H23N3O2/c1-15(2,3)20-14(19)18-10-13(9-17-11-18)5-4-12-6-7-16-8-12/h4-5,9,11-12,16H,6-8,10H2,1-3H3/b5-4+/t12-/m0/s1. The van der Waals surface area contributed by atoms with Crippen LogP contribution in [-0.2, 0) is 4.74 Å². The molecule has 0 spiro atoms. The van der Waals surface area contributed by atoms with Crippen molar-refractivity contribution in [1.82, 2.24) is 10.2 Å². The van der Waals surface area contributed by atoms with Crippen molar-refractivity contribution in [3.05, 3.63) is 23.9 Å². The molecule has 2 rings (SSSR count). The predicted molar refractivity (Wildman–Crippen MR) is 79.6 cm³/mol. The van der Waals surface area contributed by atoms with E-state index in [0.717, 1.165) is 18.7 Å². The third kappa shape index (κ3) is 4.49. The van der Waals surface area contributed by atoms with E-state index in [1.165, 1.54) is 17.7 Å². The van der Waals surface area contributed by atoms with E-state index in [4.69, 9.17) is 4.74 Å². The van der Waals surface area contributed by atoms with Crippen molar-refractivity contribution in [3.8, 4) is 0 Å². The summed E-state index contributed by atoms with van der Waals surface area (Å²) in [5.41, 5.74) is 0.530. The SMILES string of the molecule is CC(C)(C)OC(=O)N1C=NC=C(/C=C/[C@H]2CCNC2)C1. The quantitative estimate of drug-likeness (QED) is 0.842. The lowest BCUT2D eigenvalue weighted by Gasteiger charge is -2.26. The van der Waals surface area contributed by atoms with Crippen molar-refractivity contribution >= 4 is 12.4 Å². The minimum atomic E-state index is -0.488. The molecule has 0 aromatic heterocycles. The first-order valence-corrected chi connectivity index (χ1v) is 7.05. The van der Waals surface area contributed by atoms with E-state index in [9.17, 15) is 4.79 Å². The van der Waals surface area contributed by atoms with E-state index < -0.39 is 5.60 Å². The summed E-state index contributed by atoms with van der Waals surface area (Å²) in [5, 5.41) is 3.33. The molecule has 5 heteroatoms. The molecule has 0 saturated carbocycles. The number of aliphatic imine (C=N–C) groups is 1. The molecule has 5 nitrogen and oxygen atoms in total. The molecule has 0 bridgehead atoms. The number of nitrogens with zero attached hydrogens (tertiary/aromatic N) is 2. The monoisotopic (exact) mass is 277 g/mol. The normalized spacial score (nSPS) is 23.2. The van der Waals surface area contributed by atoms with Gasteiger partial charge in [0.25, 0.3) is 0 Å². The first kappa shape index (κ1) is 14.8. The number of hydrogen-bond acceptors (Lipinski definition) is 4. The van der Waals surface area contributed by atoms with Crippen LogP contribution in [-0.4, -0.2) is 42.6 Å². The lowest BCUT2D eigenvalue weighted by Crippen LogP contribution is -2.37. The van der Waals surface area contributed by atoms with Crippen molar-refractivity contribution in [2.24, 2.45) is 10.9 Å². The fraction of sp³-hybridized carbons (Fsp3) is 0.600. The molecule has 2 aliphatic heterocycles. The number of rotatable bonds is 2. The Kier molecular flexibility index (Phi) is 4.60. The number of carbonyl (C=O) groups is 1. The van der Waals surface area contributed by atoms with Crippen molar-refractivity contribution in [3.63, 3.8) is 0 Å². The summed E-state index contributed by atoms with van der Waals surface area (Å²) in [7, 11) is 0. The molecular formula is C15H23N3O2. The van der Waals surface area contributed by atoms with Crippen LogP contribution in [0.1, 0.15) is 27.2 Å². The van der Waals surface area contributed by atoms with Gasteiger partial charge in [0.15, 0.2) is 0 Å². The maximum Gasteiger partial charge on any atom is 0.415 e. The second-order valence-electron chi connectivity index (χ2n) is 6.19. The van der Waals surface area contributed by atoms with Crippen LogP contribution < -0.4 is 5.32 Å². The zero-order valence-corrected chi connectivity index (χ0v) is 12.4. The molecule has 1 fully saturated rings. The highest BCUT2D eigenvalue weighted by molar-refractivity contribution is 5.84. The molecule has 1 N–H and O–H groups in total. The van der Waals surface area contributed by atoms with Crippen molar-refractivity contribution < 1.29 is 9.53 Å². The van der Waals surface area contributed by atoms with Crippen molar-refractivity contribution in [2.45, 2.75) is 32.8 Å². The first-order chi connectivity index (χ1) is 9.44. The summed E-state index contributed by atoms with van der Waals surface area (Å²) in [5.74, 6) is 0.580. The summed E-state index contributed by atoms with van der Waals surface area (Å²) in [4.78, 5) is 17.6. The summed E-state index contributed by atoms with van der Waals surface area (Å²) in [6, 6.07) is 0. The Hall–Kier alpha value is -1.62. The average molecular weight is 277 g/mol. The Morgan fingerprint density at radius 2 is 2.35 bits per heavy atom. The van der Waals surface area contributed by atoms with Gasteiger partial charge in [-0.15, -0.1) is 0 Å². The average Bonchev–Trinajstić information content (AvgIpc) is 2.88. The Bertz CT molecular complexity index is 441. The molecule has 0 radical (unpaired) electrons. The minimum absolute atomic E-state index is 0.359. The summed E-state index contributed by atoms with van der Waals surface area (Å²) in [6.45, 7) is 8.19. The van der Waals surface area contributed by atoms with Crippen LogP contribution in [0.15, 0.2) is 28.9 Å². The van der Waals surface area contributed by atoms with Crippen LogP contribution in [0.2, 0.25) is 0 Å². The maximum absolute atomic E-state index is 12.0. The molecule has 20 heavy (non-hydrogen) atoms. The van der Waals surface area contributed by atoms with E-state index in [1.54, 1.807) is 6.20 Å². The van der Waals surface area contributed by atoms with Gasteiger partial charge in [-0.1, -0.05) is 12.2 Å². The molecule has 0 aromatic carbocycles. The molecule has 0 unspecified atom stereocenters. The van der Waals surface area contributed by atoms with E-state index in [1.807, 2.05) is 20.8 Å². The Balaban J connectivity index is 1.89. The maximum atomic E-state index is 12.0. The smallest absolute Gasteiger partial charge is 0.415 e. The second kappa shape index (κ2) is 6.22. The van der Waals surface area contributed by atoms with Gasteiger partial charge in [-0.3, -0.25) is 4.90 Å². The second-order valence-corrected chi connectivity index (χ2v) is 6.19. The number of nitrogens with one attached hydrogen (secondary N) is 1. The van der Waals surface area contributed by atoms with Crippen LogP contribution in [0.25, 0.3) is 0 Å². The summed E-state index contributed by atoms with van der Waals surface area (Å²) < 4.78 is 5.34. The Morgan fingerprint density at radius 1 is 1.55 bits per heavy atom. The van der Waals surface area contributed by atoms with Crippen molar-refractivity contribution in [2.75, 3.05) is 19.6 Å². The van der Waals surface area contributed by atoms with Gasteiger partial charge in [-0.2, -0.15) is 0 Å². The minimum Gasteiger partial charge on any atom is -0.443 e. The van der Waals surface area contributed by atoms with Crippen LogP contribution in [0.5, 0.6) is 0 Å². The summed E-state index contributed by atoms with van der Waals surface area (Å²) in [6.07, 6.45) is 8.37. The lowest BCUT2D eigenvalue weighted by atomic mass is 10.1. The van der Waals surface area contributed by atoms with Crippen molar-refractivity contribution in [1.29, 1.82) is 0 Å². The molecule has 1 amide bonds. The van der Waals surface area contributed by atoms with E-state index in [-0.39, 0.29) is 6.09 Å². The molecule has 110 valence electrons. The number of carbonyl (C=O) groups excluding carboxylic acids is 1. The van der Waals surface area contributed by atoms with Crippen LogP contribution in [0.4, 0.5) is 4.79 Å². The van der Waals surface area contributed by atoms with E-state index in [2.05, 4.69) is 22.5 Å². The van der Waals surface area contributed by atoms with Gasteiger partial charge in [-0.25, -0.2) is 9.79 Å². The molecule has 0 aliphatic carbocycles. The van der Waals surface area contributed by atoms with Crippen LogP contribution in [0, 0.1) is 5.92 Å². The van der Waals surface area contributed by atoms with Gasteiger partial charge in [0.2, 0.25) is 0 Å². The fourth-order valence-electron chi connectivity index (χ4n) is 2.12. The summed E-state index contributed by atoms with van der Waals surface area (Å²) >= 11 is 0. The van der Waals surface area contributed by atoms with E-state index in [0.29, 0.717) is 12.5 Å². The van der Waals surface area contributed by atoms with Gasteiger partial charge in [0, 0.05) is 12.7 Å². The first-order valence-electron chi connectivity index (χ1n) is 7.05. The highest BCUT2D eigenvalue weighted by atomic mass is 16.6. The Morgan fingerprint density at radius 3 is 3.00 bits per heavy atom. The zero-order chi connectivity index (χ0) is 14.6. The largest absolute Gasteiger partial charge is 0.443 e. The van der Waals surface area contributed by atoms with E-state index >= 15 is 0 Å². The van der Waals surface area contributed by atoms with Gasteiger partial charge >= 0.3 is 6.09 Å². The molecular weight excluding hydrogens is 254 g/mol. The topological polar surface area (TPSA) is 53.9 Å². The third-order valence-corrected chi connectivity index (χ3v) is 3.11.